The molecule has 2 rings (SSSR count). The maximum absolute atomic E-state index is 12.4. The van der Waals surface area contributed by atoms with E-state index in [0.29, 0.717) is 0 Å². The highest BCUT2D eigenvalue weighted by atomic mass is 16.5. The highest BCUT2D eigenvalue weighted by Gasteiger charge is 2.31. The zero-order valence-electron chi connectivity index (χ0n) is 16.0. The van der Waals surface area contributed by atoms with Gasteiger partial charge < -0.3 is 9.64 Å². The van der Waals surface area contributed by atoms with Gasteiger partial charge in [-0.2, -0.15) is 0 Å². The van der Waals surface area contributed by atoms with Crippen molar-refractivity contribution in [2.45, 2.75) is 58.7 Å². The second kappa shape index (κ2) is 9.62. The maximum atomic E-state index is 12.4. The van der Waals surface area contributed by atoms with Gasteiger partial charge in [0, 0.05) is 31.2 Å². The minimum atomic E-state index is 0.0459. The van der Waals surface area contributed by atoms with Crippen LogP contribution in [0.3, 0.4) is 0 Å². The number of carbonyl (C=O) groups excluding carboxylic acids is 1. The lowest BCUT2D eigenvalue weighted by Gasteiger charge is -2.44. The SMILES string of the molecule is CC(C)OC=CC(=O)N1[C@H](C)CN(CCCc2ccccc2)C[C@@H]1C. The molecule has 0 spiro atoms. The Morgan fingerprint density at radius 2 is 1.84 bits per heavy atom. The summed E-state index contributed by atoms with van der Waals surface area (Å²) in [6, 6.07) is 11.1. The van der Waals surface area contributed by atoms with Gasteiger partial charge in [0.1, 0.15) is 0 Å². The Morgan fingerprint density at radius 3 is 2.44 bits per heavy atom. The highest BCUT2D eigenvalue weighted by Crippen LogP contribution is 2.17. The largest absolute Gasteiger partial charge is 0.498 e. The van der Waals surface area contributed by atoms with E-state index >= 15 is 0 Å². The first-order valence-corrected chi connectivity index (χ1v) is 9.38. The van der Waals surface area contributed by atoms with E-state index in [4.69, 9.17) is 4.74 Å². The van der Waals surface area contributed by atoms with E-state index < -0.39 is 0 Å². The third-order valence-corrected chi connectivity index (χ3v) is 4.59. The van der Waals surface area contributed by atoms with Gasteiger partial charge in [-0.05, 0) is 52.6 Å². The summed E-state index contributed by atoms with van der Waals surface area (Å²) in [7, 11) is 0. The molecular weight excluding hydrogens is 312 g/mol. The second-order valence-corrected chi connectivity index (χ2v) is 7.28. The van der Waals surface area contributed by atoms with Crippen LogP contribution in [0.1, 0.15) is 39.7 Å². The number of benzene rings is 1. The van der Waals surface area contributed by atoms with E-state index in [2.05, 4.69) is 49.1 Å². The summed E-state index contributed by atoms with van der Waals surface area (Å²) >= 11 is 0. The van der Waals surface area contributed by atoms with Gasteiger partial charge in [-0.3, -0.25) is 9.69 Å². The van der Waals surface area contributed by atoms with Gasteiger partial charge in [-0.15, -0.1) is 0 Å². The monoisotopic (exact) mass is 344 g/mol. The number of ether oxygens (including phenoxy) is 1. The van der Waals surface area contributed by atoms with Crippen LogP contribution < -0.4 is 0 Å². The predicted molar refractivity (Wildman–Crippen MR) is 102 cm³/mol. The minimum absolute atomic E-state index is 0.0459. The Kier molecular flexibility index (Phi) is 7.51. The summed E-state index contributed by atoms with van der Waals surface area (Å²) in [4.78, 5) is 16.9. The van der Waals surface area contributed by atoms with E-state index in [1.54, 1.807) is 6.08 Å². The van der Waals surface area contributed by atoms with Crippen molar-refractivity contribution in [3.8, 4) is 0 Å². The Balaban J connectivity index is 1.80. The topological polar surface area (TPSA) is 32.8 Å². The van der Waals surface area contributed by atoms with Crippen LogP contribution in [0.15, 0.2) is 42.7 Å². The number of hydrogen-bond acceptors (Lipinski definition) is 3. The van der Waals surface area contributed by atoms with Crippen LogP contribution in [-0.4, -0.2) is 53.5 Å². The number of hydrogen-bond donors (Lipinski definition) is 0. The molecule has 0 aromatic heterocycles. The molecule has 1 fully saturated rings. The lowest BCUT2D eigenvalue weighted by molar-refractivity contribution is -0.133. The van der Waals surface area contributed by atoms with Crippen LogP contribution in [-0.2, 0) is 16.0 Å². The van der Waals surface area contributed by atoms with Crippen molar-refractivity contribution in [2.75, 3.05) is 19.6 Å². The fraction of sp³-hybridized carbons (Fsp3) is 0.571. The molecule has 4 heteroatoms. The Morgan fingerprint density at radius 1 is 1.20 bits per heavy atom. The molecule has 1 aliphatic heterocycles. The third kappa shape index (κ3) is 6.20. The molecule has 1 heterocycles. The molecule has 0 radical (unpaired) electrons. The third-order valence-electron chi connectivity index (χ3n) is 4.59. The quantitative estimate of drug-likeness (QED) is 0.561. The van der Waals surface area contributed by atoms with Crippen LogP contribution in [0.2, 0.25) is 0 Å². The molecule has 0 bridgehead atoms. The van der Waals surface area contributed by atoms with Crippen LogP contribution in [0.4, 0.5) is 0 Å². The average molecular weight is 344 g/mol. The molecule has 25 heavy (non-hydrogen) atoms. The van der Waals surface area contributed by atoms with Crippen LogP contribution >= 0.6 is 0 Å². The zero-order valence-corrected chi connectivity index (χ0v) is 16.0. The normalized spacial score (nSPS) is 21.9. The van der Waals surface area contributed by atoms with Crippen LogP contribution in [0.25, 0.3) is 0 Å². The average Bonchev–Trinajstić information content (AvgIpc) is 2.55. The van der Waals surface area contributed by atoms with Crippen molar-refractivity contribution in [3.05, 3.63) is 48.2 Å². The Bertz CT molecular complexity index is 544. The Hall–Kier alpha value is -1.81. The lowest BCUT2D eigenvalue weighted by Crippen LogP contribution is -2.58. The van der Waals surface area contributed by atoms with Gasteiger partial charge in [-0.25, -0.2) is 0 Å². The number of aryl methyl sites for hydroxylation is 1. The molecule has 0 N–H and O–H groups in total. The first kappa shape index (κ1) is 19.5. The number of piperazine rings is 1. The molecule has 0 aliphatic carbocycles. The standard InChI is InChI=1S/C21H32N2O2/c1-17(2)25-14-12-21(24)23-18(3)15-22(16-19(23)4)13-8-11-20-9-6-5-7-10-20/h5-7,9-10,12,14,17-19H,8,11,13,15-16H2,1-4H3/t18-,19+. The number of amides is 1. The fourth-order valence-corrected chi connectivity index (χ4v) is 3.54. The Labute approximate surface area is 152 Å². The van der Waals surface area contributed by atoms with E-state index in [1.165, 1.54) is 11.8 Å². The molecule has 138 valence electrons. The summed E-state index contributed by atoms with van der Waals surface area (Å²) in [5, 5.41) is 0. The molecule has 0 saturated carbocycles. The summed E-state index contributed by atoms with van der Waals surface area (Å²) < 4.78 is 5.35. The van der Waals surface area contributed by atoms with Crippen molar-refractivity contribution < 1.29 is 9.53 Å². The summed E-state index contributed by atoms with van der Waals surface area (Å²) in [6.07, 6.45) is 5.44. The molecule has 0 unspecified atom stereocenters. The van der Waals surface area contributed by atoms with Gasteiger partial charge in [0.25, 0.3) is 0 Å². The fourth-order valence-electron chi connectivity index (χ4n) is 3.54. The van der Waals surface area contributed by atoms with Crippen LogP contribution in [0, 0.1) is 0 Å². The summed E-state index contributed by atoms with van der Waals surface area (Å²) in [5.74, 6) is 0.0459. The summed E-state index contributed by atoms with van der Waals surface area (Å²) in [5.41, 5.74) is 1.40. The molecule has 1 aromatic rings. The second-order valence-electron chi connectivity index (χ2n) is 7.28. The molecule has 1 aromatic carbocycles. The molecule has 2 atom stereocenters. The van der Waals surface area contributed by atoms with Crippen LogP contribution in [0.5, 0.6) is 0 Å². The van der Waals surface area contributed by atoms with Crippen molar-refractivity contribution in [1.29, 1.82) is 0 Å². The molecule has 1 aliphatic rings. The first-order chi connectivity index (χ1) is 12.0. The van der Waals surface area contributed by atoms with Crippen molar-refractivity contribution in [2.24, 2.45) is 0 Å². The van der Waals surface area contributed by atoms with E-state index in [1.807, 2.05) is 18.7 Å². The predicted octanol–water partition coefficient (Wildman–Crippen LogP) is 3.48. The van der Waals surface area contributed by atoms with E-state index in [-0.39, 0.29) is 24.1 Å². The van der Waals surface area contributed by atoms with Gasteiger partial charge in [-0.1, -0.05) is 30.3 Å². The van der Waals surface area contributed by atoms with Gasteiger partial charge in [0.15, 0.2) is 0 Å². The minimum Gasteiger partial charge on any atom is -0.498 e. The number of carbonyl (C=O) groups is 1. The number of nitrogens with zero attached hydrogens (tertiary/aromatic N) is 2. The molecule has 1 saturated heterocycles. The number of rotatable bonds is 7. The molecular formula is C21H32N2O2. The van der Waals surface area contributed by atoms with Gasteiger partial charge in [0.05, 0.1) is 12.4 Å². The molecule has 4 nitrogen and oxygen atoms in total. The van der Waals surface area contributed by atoms with E-state index in [9.17, 15) is 4.79 Å². The van der Waals surface area contributed by atoms with Crippen molar-refractivity contribution in [1.82, 2.24) is 9.80 Å². The van der Waals surface area contributed by atoms with Crippen molar-refractivity contribution >= 4 is 5.91 Å². The zero-order chi connectivity index (χ0) is 18.2. The lowest BCUT2D eigenvalue weighted by atomic mass is 10.1. The van der Waals surface area contributed by atoms with Gasteiger partial charge >= 0.3 is 0 Å². The summed E-state index contributed by atoms with van der Waals surface area (Å²) in [6.45, 7) is 11.1. The van der Waals surface area contributed by atoms with E-state index in [0.717, 1.165) is 32.5 Å². The van der Waals surface area contributed by atoms with Crippen molar-refractivity contribution in [3.63, 3.8) is 0 Å². The molecule has 1 amide bonds. The van der Waals surface area contributed by atoms with Gasteiger partial charge in [0.2, 0.25) is 5.91 Å². The maximum Gasteiger partial charge on any atom is 0.250 e. The highest BCUT2D eigenvalue weighted by molar-refractivity contribution is 5.88. The smallest absolute Gasteiger partial charge is 0.250 e. The first-order valence-electron chi connectivity index (χ1n) is 9.38.